The predicted molar refractivity (Wildman–Crippen MR) is 75.3 cm³/mol. The molecular formula is C15H24N2O. The quantitative estimate of drug-likeness (QED) is 0.837. The topological polar surface area (TPSA) is 55.1 Å². The van der Waals surface area contributed by atoms with Gasteiger partial charge in [0.15, 0.2) is 0 Å². The van der Waals surface area contributed by atoms with Gasteiger partial charge >= 0.3 is 0 Å². The number of carbonyl (C=O) groups excluding carboxylic acids is 1. The molecule has 0 spiro atoms. The fourth-order valence-electron chi connectivity index (χ4n) is 1.78. The molecule has 1 rings (SSSR count). The number of benzene rings is 1. The van der Waals surface area contributed by atoms with Crippen molar-refractivity contribution in [2.75, 3.05) is 6.54 Å². The molecule has 0 saturated carbocycles. The molecule has 18 heavy (non-hydrogen) atoms. The van der Waals surface area contributed by atoms with Gasteiger partial charge in [0.05, 0.1) is 12.0 Å². The van der Waals surface area contributed by atoms with E-state index in [9.17, 15) is 4.79 Å². The van der Waals surface area contributed by atoms with Gasteiger partial charge in [-0.3, -0.25) is 4.79 Å². The minimum atomic E-state index is -0.334. The summed E-state index contributed by atoms with van der Waals surface area (Å²) in [6.07, 6.45) is 0.412. The Kier molecular flexibility index (Phi) is 4.91. The number of carbonyl (C=O) groups is 1. The van der Waals surface area contributed by atoms with Crippen LogP contribution in [0.3, 0.4) is 0 Å². The maximum atomic E-state index is 12.1. The van der Waals surface area contributed by atoms with E-state index in [4.69, 9.17) is 5.73 Å². The van der Waals surface area contributed by atoms with Gasteiger partial charge in [-0.25, -0.2) is 0 Å². The van der Waals surface area contributed by atoms with Gasteiger partial charge in [-0.05, 0) is 30.9 Å². The number of rotatable bonds is 5. The van der Waals surface area contributed by atoms with Gasteiger partial charge in [0.25, 0.3) is 0 Å². The highest BCUT2D eigenvalue weighted by atomic mass is 16.1. The zero-order chi connectivity index (χ0) is 13.8. The second-order valence-corrected chi connectivity index (χ2v) is 5.43. The molecule has 1 aromatic carbocycles. The van der Waals surface area contributed by atoms with Crippen molar-refractivity contribution in [1.29, 1.82) is 0 Å². The Morgan fingerprint density at radius 1 is 1.39 bits per heavy atom. The number of hydrogen-bond donors (Lipinski definition) is 2. The van der Waals surface area contributed by atoms with Crippen LogP contribution in [0.4, 0.5) is 0 Å². The molecule has 0 aliphatic heterocycles. The number of hydrogen-bond acceptors (Lipinski definition) is 2. The highest BCUT2D eigenvalue weighted by molar-refractivity contribution is 5.79. The number of amides is 1. The lowest BCUT2D eigenvalue weighted by molar-refractivity contribution is -0.122. The van der Waals surface area contributed by atoms with Crippen molar-refractivity contribution in [2.24, 2.45) is 11.7 Å². The number of nitrogens with two attached hydrogens (primary N) is 1. The van der Waals surface area contributed by atoms with Crippen LogP contribution in [0.15, 0.2) is 24.3 Å². The monoisotopic (exact) mass is 248 g/mol. The predicted octanol–water partition coefficient (Wildman–Crippen LogP) is 2.03. The summed E-state index contributed by atoms with van der Waals surface area (Å²) in [5.41, 5.74) is 7.64. The maximum Gasteiger partial charge on any atom is 0.224 e. The SMILES string of the molecule is Cc1ccccc1CC(=O)NC(C)(CN)C(C)C. The van der Waals surface area contributed by atoms with Crippen LogP contribution in [0.5, 0.6) is 0 Å². The van der Waals surface area contributed by atoms with Gasteiger partial charge in [0.2, 0.25) is 5.91 Å². The molecule has 0 aliphatic rings. The van der Waals surface area contributed by atoms with E-state index < -0.39 is 0 Å². The summed E-state index contributed by atoms with van der Waals surface area (Å²) in [4.78, 5) is 12.1. The third-order valence-electron chi connectivity index (χ3n) is 3.74. The Hall–Kier alpha value is -1.35. The van der Waals surface area contributed by atoms with Crippen LogP contribution in [-0.2, 0) is 11.2 Å². The van der Waals surface area contributed by atoms with Crippen LogP contribution in [0.2, 0.25) is 0 Å². The van der Waals surface area contributed by atoms with Crippen LogP contribution < -0.4 is 11.1 Å². The fourth-order valence-corrected chi connectivity index (χ4v) is 1.78. The molecule has 0 fully saturated rings. The van der Waals surface area contributed by atoms with Gasteiger partial charge in [-0.15, -0.1) is 0 Å². The summed E-state index contributed by atoms with van der Waals surface area (Å²) in [5, 5.41) is 3.05. The molecule has 3 nitrogen and oxygen atoms in total. The molecule has 1 aromatic rings. The van der Waals surface area contributed by atoms with E-state index in [0.29, 0.717) is 18.9 Å². The van der Waals surface area contributed by atoms with E-state index in [2.05, 4.69) is 19.2 Å². The zero-order valence-electron chi connectivity index (χ0n) is 11.8. The summed E-state index contributed by atoms with van der Waals surface area (Å²) >= 11 is 0. The molecule has 3 N–H and O–H groups in total. The lowest BCUT2D eigenvalue weighted by Gasteiger charge is -2.33. The van der Waals surface area contributed by atoms with E-state index in [1.165, 1.54) is 0 Å². The summed E-state index contributed by atoms with van der Waals surface area (Å²) in [7, 11) is 0. The lowest BCUT2D eigenvalue weighted by atomic mass is 9.88. The van der Waals surface area contributed by atoms with Gasteiger partial charge in [-0.2, -0.15) is 0 Å². The van der Waals surface area contributed by atoms with Crippen molar-refractivity contribution >= 4 is 5.91 Å². The first kappa shape index (κ1) is 14.7. The average molecular weight is 248 g/mol. The summed E-state index contributed by atoms with van der Waals surface area (Å²) in [6, 6.07) is 7.95. The van der Waals surface area contributed by atoms with E-state index in [-0.39, 0.29) is 11.4 Å². The highest BCUT2D eigenvalue weighted by Gasteiger charge is 2.28. The normalized spacial score (nSPS) is 14.3. The largest absolute Gasteiger partial charge is 0.349 e. The molecular weight excluding hydrogens is 224 g/mol. The van der Waals surface area contributed by atoms with E-state index >= 15 is 0 Å². The Labute approximate surface area is 110 Å². The average Bonchev–Trinajstić information content (AvgIpc) is 2.31. The van der Waals surface area contributed by atoms with Crippen LogP contribution in [-0.4, -0.2) is 18.0 Å². The van der Waals surface area contributed by atoms with Gasteiger partial charge in [0, 0.05) is 6.54 Å². The van der Waals surface area contributed by atoms with Crippen molar-refractivity contribution < 1.29 is 4.79 Å². The smallest absolute Gasteiger partial charge is 0.224 e. The van der Waals surface area contributed by atoms with Crippen LogP contribution in [0.25, 0.3) is 0 Å². The van der Waals surface area contributed by atoms with Gasteiger partial charge in [-0.1, -0.05) is 38.1 Å². The number of nitrogens with one attached hydrogen (secondary N) is 1. The molecule has 0 saturated heterocycles. The molecule has 1 amide bonds. The van der Waals surface area contributed by atoms with Crippen molar-refractivity contribution in [3.8, 4) is 0 Å². The van der Waals surface area contributed by atoms with Gasteiger partial charge < -0.3 is 11.1 Å². The molecule has 100 valence electrons. The molecule has 0 aliphatic carbocycles. The standard InChI is InChI=1S/C15H24N2O/c1-11(2)15(4,10-16)17-14(18)9-13-8-6-5-7-12(13)3/h5-8,11H,9-10,16H2,1-4H3,(H,17,18). The lowest BCUT2D eigenvalue weighted by Crippen LogP contribution is -2.55. The van der Waals surface area contributed by atoms with Crippen LogP contribution in [0.1, 0.15) is 31.9 Å². The van der Waals surface area contributed by atoms with Crippen molar-refractivity contribution in [2.45, 2.75) is 39.7 Å². The van der Waals surface area contributed by atoms with Crippen molar-refractivity contribution in [3.05, 3.63) is 35.4 Å². The molecule has 0 aromatic heterocycles. The fraction of sp³-hybridized carbons (Fsp3) is 0.533. The Morgan fingerprint density at radius 3 is 2.50 bits per heavy atom. The molecule has 1 atom stereocenters. The first-order chi connectivity index (χ1) is 8.39. The molecule has 0 heterocycles. The van der Waals surface area contributed by atoms with E-state index in [0.717, 1.165) is 11.1 Å². The molecule has 3 heteroatoms. The summed E-state index contributed by atoms with van der Waals surface area (Å²) in [6.45, 7) is 8.60. The third-order valence-corrected chi connectivity index (χ3v) is 3.74. The van der Waals surface area contributed by atoms with Crippen molar-refractivity contribution in [1.82, 2.24) is 5.32 Å². The first-order valence-electron chi connectivity index (χ1n) is 6.44. The number of aryl methyl sites for hydroxylation is 1. The van der Waals surface area contributed by atoms with Crippen LogP contribution >= 0.6 is 0 Å². The minimum Gasteiger partial charge on any atom is -0.349 e. The van der Waals surface area contributed by atoms with E-state index in [1.54, 1.807) is 0 Å². The summed E-state index contributed by atoms with van der Waals surface area (Å²) in [5.74, 6) is 0.342. The molecule has 1 unspecified atom stereocenters. The zero-order valence-corrected chi connectivity index (χ0v) is 11.8. The second kappa shape index (κ2) is 6.01. The second-order valence-electron chi connectivity index (χ2n) is 5.43. The Bertz CT molecular complexity index is 415. The van der Waals surface area contributed by atoms with E-state index in [1.807, 2.05) is 38.1 Å². The Morgan fingerprint density at radius 2 is 2.00 bits per heavy atom. The van der Waals surface area contributed by atoms with Crippen molar-refractivity contribution in [3.63, 3.8) is 0 Å². The minimum absolute atomic E-state index is 0.0333. The molecule has 0 radical (unpaired) electrons. The van der Waals surface area contributed by atoms with Crippen LogP contribution in [0, 0.1) is 12.8 Å². The summed E-state index contributed by atoms with van der Waals surface area (Å²) < 4.78 is 0. The Balaban J connectivity index is 2.70. The van der Waals surface area contributed by atoms with Gasteiger partial charge in [0.1, 0.15) is 0 Å². The first-order valence-corrected chi connectivity index (χ1v) is 6.44. The maximum absolute atomic E-state index is 12.1. The third kappa shape index (κ3) is 3.57. The molecule has 0 bridgehead atoms. The highest BCUT2D eigenvalue weighted by Crippen LogP contribution is 2.15.